The molecular formula is C14H18N4O. The number of hydrogen-bond acceptors (Lipinski definition) is 3. The molecule has 19 heavy (non-hydrogen) atoms. The van der Waals surface area contributed by atoms with Crippen molar-refractivity contribution in [1.29, 1.82) is 0 Å². The predicted octanol–water partition coefficient (Wildman–Crippen LogP) is 1.37. The summed E-state index contributed by atoms with van der Waals surface area (Å²) in [4.78, 5) is 16.9. The fraction of sp³-hybridized carbons (Fsp3) is 0.571. The molecule has 0 unspecified atom stereocenters. The molecule has 4 rings (SSSR count). The van der Waals surface area contributed by atoms with Crippen molar-refractivity contribution in [3.05, 3.63) is 33.9 Å². The Morgan fingerprint density at radius 1 is 1.11 bits per heavy atom. The van der Waals surface area contributed by atoms with E-state index in [2.05, 4.69) is 10.4 Å². The Balaban J connectivity index is 1.77. The van der Waals surface area contributed by atoms with Crippen molar-refractivity contribution in [2.75, 3.05) is 13.1 Å². The van der Waals surface area contributed by atoms with E-state index in [4.69, 9.17) is 4.98 Å². The molecule has 0 atom stereocenters. The second-order valence-electron chi connectivity index (χ2n) is 5.72. The smallest absolute Gasteiger partial charge is 0.272 e. The molecule has 0 spiro atoms. The molecule has 0 bridgehead atoms. The minimum atomic E-state index is 0.0189. The Morgan fingerprint density at radius 2 is 1.89 bits per heavy atom. The molecule has 5 heteroatoms. The maximum absolute atomic E-state index is 12.2. The topological polar surface area (TPSA) is 62.2 Å². The van der Waals surface area contributed by atoms with E-state index in [1.54, 1.807) is 10.6 Å². The van der Waals surface area contributed by atoms with Gasteiger partial charge < -0.3 is 5.32 Å². The van der Waals surface area contributed by atoms with Crippen LogP contribution in [0.4, 0.5) is 0 Å². The molecule has 0 aromatic carbocycles. The zero-order chi connectivity index (χ0) is 12.8. The zero-order valence-electron chi connectivity index (χ0n) is 10.9. The van der Waals surface area contributed by atoms with Crippen LogP contribution in [0, 0.1) is 0 Å². The van der Waals surface area contributed by atoms with Crippen LogP contribution in [0.2, 0.25) is 0 Å². The largest absolute Gasteiger partial charge is 0.317 e. The highest BCUT2D eigenvalue weighted by molar-refractivity contribution is 5.42. The number of nitrogens with zero attached hydrogens (tertiary/aromatic N) is 2. The third-order valence-electron chi connectivity index (χ3n) is 4.26. The van der Waals surface area contributed by atoms with E-state index in [0.717, 1.165) is 43.0 Å². The molecular weight excluding hydrogens is 240 g/mol. The fourth-order valence-electron chi connectivity index (χ4n) is 2.96. The summed E-state index contributed by atoms with van der Waals surface area (Å²) in [6, 6.07) is 3.75. The van der Waals surface area contributed by atoms with Crippen molar-refractivity contribution in [2.45, 2.75) is 37.5 Å². The van der Waals surface area contributed by atoms with Gasteiger partial charge in [-0.25, -0.2) is 9.50 Å². The van der Waals surface area contributed by atoms with Gasteiger partial charge in [-0.1, -0.05) is 0 Å². The average Bonchev–Trinajstić information content (AvgIpc) is 3.20. The summed E-state index contributed by atoms with van der Waals surface area (Å²) in [5.74, 6) is 1.04. The highest BCUT2D eigenvalue weighted by Crippen LogP contribution is 2.39. The molecule has 0 amide bonds. The number of piperidine rings is 1. The monoisotopic (exact) mass is 258 g/mol. The van der Waals surface area contributed by atoms with Crippen LogP contribution >= 0.6 is 0 Å². The molecule has 1 aliphatic carbocycles. The highest BCUT2D eigenvalue weighted by Gasteiger charge is 2.26. The normalized spacial score (nSPS) is 21.1. The summed E-state index contributed by atoms with van der Waals surface area (Å²) in [5, 5.41) is 6.53. The Labute approximate surface area is 111 Å². The molecule has 1 saturated carbocycles. The Kier molecular flexibility index (Phi) is 2.48. The van der Waals surface area contributed by atoms with Gasteiger partial charge in [-0.15, -0.1) is 0 Å². The van der Waals surface area contributed by atoms with Gasteiger partial charge in [0.05, 0.1) is 5.69 Å². The van der Waals surface area contributed by atoms with Crippen LogP contribution in [0.3, 0.4) is 0 Å². The maximum Gasteiger partial charge on any atom is 0.272 e. The first kappa shape index (κ1) is 11.2. The third-order valence-corrected chi connectivity index (χ3v) is 4.26. The van der Waals surface area contributed by atoms with Gasteiger partial charge in [-0.05, 0) is 38.8 Å². The predicted molar refractivity (Wildman–Crippen MR) is 72.6 cm³/mol. The molecule has 2 aliphatic rings. The lowest BCUT2D eigenvalue weighted by molar-refractivity contribution is 0.453. The quantitative estimate of drug-likeness (QED) is 0.855. The van der Waals surface area contributed by atoms with Gasteiger partial charge >= 0.3 is 0 Å². The summed E-state index contributed by atoms with van der Waals surface area (Å²) in [6.07, 6.45) is 4.59. The summed E-state index contributed by atoms with van der Waals surface area (Å²) >= 11 is 0. The van der Waals surface area contributed by atoms with Crippen molar-refractivity contribution < 1.29 is 0 Å². The van der Waals surface area contributed by atoms with Crippen LogP contribution in [-0.4, -0.2) is 27.7 Å². The minimum absolute atomic E-state index is 0.0189. The van der Waals surface area contributed by atoms with E-state index < -0.39 is 0 Å². The lowest BCUT2D eigenvalue weighted by atomic mass is 9.94. The molecule has 0 radical (unpaired) electrons. The van der Waals surface area contributed by atoms with Crippen molar-refractivity contribution >= 4 is 5.65 Å². The van der Waals surface area contributed by atoms with Crippen LogP contribution in [-0.2, 0) is 0 Å². The number of aromatic nitrogens is 3. The SMILES string of the molecule is O=c1cc(C2CCNCC2)nc2cc(C3CC3)[nH]n12. The van der Waals surface area contributed by atoms with E-state index >= 15 is 0 Å². The van der Waals surface area contributed by atoms with E-state index in [1.807, 2.05) is 6.07 Å². The molecule has 1 saturated heterocycles. The van der Waals surface area contributed by atoms with Crippen molar-refractivity contribution in [1.82, 2.24) is 19.9 Å². The fourth-order valence-corrected chi connectivity index (χ4v) is 2.96. The Bertz CT molecular complexity index is 662. The highest BCUT2D eigenvalue weighted by atomic mass is 16.1. The number of H-pyrrole nitrogens is 1. The second kappa shape index (κ2) is 4.20. The van der Waals surface area contributed by atoms with Crippen molar-refractivity contribution in [3.63, 3.8) is 0 Å². The number of fused-ring (bicyclic) bond motifs is 1. The summed E-state index contributed by atoms with van der Waals surface area (Å²) in [5.41, 5.74) is 2.92. The van der Waals surface area contributed by atoms with Gasteiger partial charge in [0.2, 0.25) is 0 Å². The number of rotatable bonds is 2. The number of hydrogen-bond donors (Lipinski definition) is 2. The minimum Gasteiger partial charge on any atom is -0.317 e. The van der Waals surface area contributed by atoms with Gasteiger partial charge in [0.25, 0.3) is 5.56 Å². The van der Waals surface area contributed by atoms with E-state index in [9.17, 15) is 4.79 Å². The van der Waals surface area contributed by atoms with Crippen LogP contribution in [0.15, 0.2) is 16.9 Å². The number of aromatic amines is 1. The molecule has 2 aromatic rings. The standard InChI is InChI=1S/C14H18N4O/c19-14-8-11(10-3-5-15-6-4-10)16-13-7-12(9-1-2-9)17-18(13)14/h7-10,15,17H,1-6H2. The Hall–Kier alpha value is -1.62. The van der Waals surface area contributed by atoms with Crippen LogP contribution in [0.5, 0.6) is 0 Å². The average molecular weight is 258 g/mol. The summed E-state index contributed by atoms with van der Waals surface area (Å²) in [7, 11) is 0. The first-order chi connectivity index (χ1) is 9.31. The van der Waals surface area contributed by atoms with Gasteiger partial charge in [0, 0.05) is 29.7 Å². The maximum atomic E-state index is 12.2. The molecule has 100 valence electrons. The van der Waals surface area contributed by atoms with E-state index in [-0.39, 0.29) is 5.56 Å². The van der Waals surface area contributed by atoms with Crippen LogP contribution < -0.4 is 10.9 Å². The van der Waals surface area contributed by atoms with E-state index in [1.165, 1.54) is 12.8 Å². The van der Waals surface area contributed by atoms with E-state index in [0.29, 0.717) is 11.8 Å². The first-order valence-corrected chi connectivity index (χ1v) is 7.14. The second-order valence-corrected chi connectivity index (χ2v) is 5.72. The van der Waals surface area contributed by atoms with Gasteiger partial charge in [0.1, 0.15) is 0 Å². The van der Waals surface area contributed by atoms with Gasteiger partial charge in [-0.2, -0.15) is 0 Å². The zero-order valence-corrected chi connectivity index (χ0v) is 10.9. The van der Waals surface area contributed by atoms with Crippen molar-refractivity contribution in [2.24, 2.45) is 0 Å². The third kappa shape index (κ3) is 1.98. The summed E-state index contributed by atoms with van der Waals surface area (Å²) < 4.78 is 1.58. The molecule has 5 nitrogen and oxygen atoms in total. The van der Waals surface area contributed by atoms with Crippen LogP contribution in [0.25, 0.3) is 5.65 Å². The van der Waals surface area contributed by atoms with Gasteiger partial charge in [-0.3, -0.25) is 9.89 Å². The van der Waals surface area contributed by atoms with Crippen LogP contribution in [0.1, 0.15) is 48.9 Å². The first-order valence-electron chi connectivity index (χ1n) is 7.14. The number of nitrogens with one attached hydrogen (secondary N) is 2. The van der Waals surface area contributed by atoms with Gasteiger partial charge in [0.15, 0.2) is 5.65 Å². The van der Waals surface area contributed by atoms with Crippen molar-refractivity contribution in [3.8, 4) is 0 Å². The lowest BCUT2D eigenvalue weighted by Gasteiger charge is -2.21. The molecule has 2 fully saturated rings. The molecule has 3 heterocycles. The Morgan fingerprint density at radius 3 is 2.63 bits per heavy atom. The molecule has 2 N–H and O–H groups in total. The lowest BCUT2D eigenvalue weighted by Crippen LogP contribution is -2.28. The molecule has 1 aliphatic heterocycles. The summed E-state index contributed by atoms with van der Waals surface area (Å²) in [6.45, 7) is 2.04. The molecule has 2 aromatic heterocycles.